The summed E-state index contributed by atoms with van der Waals surface area (Å²) in [6.07, 6.45) is 6.24. The van der Waals surface area contributed by atoms with E-state index in [0.29, 0.717) is 5.92 Å². The van der Waals surface area contributed by atoms with Crippen LogP contribution >= 0.6 is 0 Å². The van der Waals surface area contributed by atoms with Gasteiger partial charge in [-0.2, -0.15) is 5.10 Å². The molecule has 0 unspecified atom stereocenters. The molecule has 4 aromatic rings. The number of pyridine rings is 1. The van der Waals surface area contributed by atoms with E-state index in [0.717, 1.165) is 53.2 Å². The van der Waals surface area contributed by atoms with E-state index in [-0.39, 0.29) is 6.10 Å². The highest BCUT2D eigenvalue weighted by molar-refractivity contribution is 5.92. The molecule has 1 N–H and O–H groups in total. The molecule has 6 nitrogen and oxygen atoms in total. The number of nitrogens with zero attached hydrogens (tertiary/aromatic N) is 4. The van der Waals surface area contributed by atoms with Gasteiger partial charge in [-0.05, 0) is 74.7 Å². The third-order valence-electron chi connectivity index (χ3n) is 6.12. The summed E-state index contributed by atoms with van der Waals surface area (Å²) in [5.74, 6) is 1.33. The Balaban J connectivity index is 1.58. The standard InChI is InChI=1S/C24H29N5O/c1-15(2)22-20-11-18(30-19-6-5-9-28(4)13-19)7-8-21(20)27-23(22)17-10-16(3)24-25-14-26-29(24)12-17/h7-8,10-12,14-15,19,27H,5-6,9,13H2,1-4H3/t19-/m0/s1. The molecule has 1 fully saturated rings. The molecule has 1 aliphatic heterocycles. The predicted molar refractivity (Wildman–Crippen MR) is 120 cm³/mol. The van der Waals surface area contributed by atoms with Gasteiger partial charge in [-0.15, -0.1) is 0 Å². The summed E-state index contributed by atoms with van der Waals surface area (Å²) >= 11 is 0. The second kappa shape index (κ2) is 7.43. The van der Waals surface area contributed by atoms with Gasteiger partial charge in [0, 0.05) is 29.2 Å². The number of aromatic nitrogens is 4. The van der Waals surface area contributed by atoms with Crippen molar-refractivity contribution in [3.63, 3.8) is 0 Å². The van der Waals surface area contributed by atoms with Crippen LogP contribution in [0.5, 0.6) is 5.75 Å². The van der Waals surface area contributed by atoms with Gasteiger partial charge in [0.25, 0.3) is 0 Å². The van der Waals surface area contributed by atoms with E-state index in [1.54, 1.807) is 6.33 Å². The minimum absolute atomic E-state index is 0.263. The lowest BCUT2D eigenvalue weighted by Gasteiger charge is -2.30. The molecule has 1 atom stereocenters. The number of aryl methyl sites for hydroxylation is 1. The number of hydrogen-bond acceptors (Lipinski definition) is 4. The number of fused-ring (bicyclic) bond motifs is 2. The molecule has 1 saturated heterocycles. The van der Waals surface area contributed by atoms with Gasteiger partial charge in [-0.3, -0.25) is 0 Å². The fourth-order valence-electron chi connectivity index (χ4n) is 4.73. The summed E-state index contributed by atoms with van der Waals surface area (Å²) in [5, 5.41) is 5.58. The number of nitrogens with one attached hydrogen (secondary N) is 1. The molecule has 0 spiro atoms. The maximum Gasteiger partial charge on any atom is 0.158 e. The minimum atomic E-state index is 0.263. The van der Waals surface area contributed by atoms with E-state index < -0.39 is 0 Å². The molecule has 0 radical (unpaired) electrons. The fraction of sp³-hybridized carbons (Fsp3) is 0.417. The number of likely N-dealkylation sites (N-methyl/N-ethyl adjacent to an activating group) is 1. The first-order valence-electron chi connectivity index (χ1n) is 10.8. The monoisotopic (exact) mass is 403 g/mol. The Labute approximate surface area is 176 Å². The van der Waals surface area contributed by atoms with Gasteiger partial charge in [0.15, 0.2) is 5.65 Å². The summed E-state index contributed by atoms with van der Waals surface area (Å²) in [6.45, 7) is 8.73. The van der Waals surface area contributed by atoms with Crippen molar-refractivity contribution in [2.45, 2.75) is 45.6 Å². The molecule has 0 bridgehead atoms. The van der Waals surface area contributed by atoms with Crippen molar-refractivity contribution in [3.8, 4) is 17.0 Å². The van der Waals surface area contributed by atoms with Crippen LogP contribution in [0.1, 0.15) is 43.7 Å². The van der Waals surface area contributed by atoms with Gasteiger partial charge < -0.3 is 14.6 Å². The van der Waals surface area contributed by atoms with E-state index >= 15 is 0 Å². The third-order valence-corrected chi connectivity index (χ3v) is 6.12. The van der Waals surface area contributed by atoms with Gasteiger partial charge in [0.05, 0.1) is 5.69 Å². The maximum atomic E-state index is 6.37. The average molecular weight is 404 g/mol. The molecule has 1 aromatic carbocycles. The summed E-state index contributed by atoms with van der Waals surface area (Å²) in [5.41, 5.74) is 6.74. The number of piperidine rings is 1. The van der Waals surface area contributed by atoms with Crippen LogP contribution in [-0.4, -0.2) is 50.7 Å². The molecule has 0 aliphatic carbocycles. The van der Waals surface area contributed by atoms with Crippen molar-refractivity contribution in [3.05, 3.63) is 47.9 Å². The first-order chi connectivity index (χ1) is 14.5. The summed E-state index contributed by atoms with van der Waals surface area (Å²) in [7, 11) is 2.17. The molecule has 5 rings (SSSR count). The SMILES string of the molecule is Cc1cc(-c2[nH]c3ccc(O[C@H]4CCCN(C)C4)cc3c2C(C)C)cn2ncnc12. The largest absolute Gasteiger partial charge is 0.489 e. The Morgan fingerprint density at radius 1 is 1.23 bits per heavy atom. The zero-order valence-electron chi connectivity index (χ0n) is 18.1. The molecule has 0 amide bonds. The molecule has 3 aromatic heterocycles. The van der Waals surface area contributed by atoms with Crippen LogP contribution in [0.2, 0.25) is 0 Å². The zero-order valence-corrected chi connectivity index (χ0v) is 18.1. The quantitative estimate of drug-likeness (QED) is 0.533. The van der Waals surface area contributed by atoms with Crippen LogP contribution in [0.25, 0.3) is 27.8 Å². The van der Waals surface area contributed by atoms with E-state index in [1.165, 1.54) is 17.4 Å². The highest BCUT2D eigenvalue weighted by atomic mass is 16.5. The number of ether oxygens (including phenoxy) is 1. The minimum Gasteiger partial charge on any atom is -0.489 e. The number of likely N-dealkylation sites (tertiary alicyclic amines) is 1. The fourth-order valence-corrected chi connectivity index (χ4v) is 4.73. The number of H-pyrrole nitrogens is 1. The number of rotatable bonds is 4. The highest BCUT2D eigenvalue weighted by Gasteiger charge is 2.21. The highest BCUT2D eigenvalue weighted by Crippen LogP contribution is 2.37. The first-order valence-corrected chi connectivity index (χ1v) is 10.8. The van der Waals surface area contributed by atoms with Crippen molar-refractivity contribution < 1.29 is 4.74 Å². The molecular weight excluding hydrogens is 374 g/mol. The van der Waals surface area contributed by atoms with E-state index in [1.807, 2.05) is 4.52 Å². The lowest BCUT2D eigenvalue weighted by molar-refractivity contribution is 0.104. The van der Waals surface area contributed by atoms with E-state index in [4.69, 9.17) is 4.74 Å². The number of aromatic amines is 1. The van der Waals surface area contributed by atoms with Crippen LogP contribution < -0.4 is 4.74 Å². The van der Waals surface area contributed by atoms with Crippen LogP contribution in [0.4, 0.5) is 0 Å². The molecule has 156 valence electrons. The van der Waals surface area contributed by atoms with Crippen molar-refractivity contribution in [1.29, 1.82) is 0 Å². The smallest absolute Gasteiger partial charge is 0.158 e. The Hall–Kier alpha value is -2.86. The summed E-state index contributed by atoms with van der Waals surface area (Å²) in [4.78, 5) is 10.4. The van der Waals surface area contributed by atoms with Gasteiger partial charge >= 0.3 is 0 Å². The topological polar surface area (TPSA) is 58.5 Å². The lowest BCUT2D eigenvalue weighted by Crippen LogP contribution is -2.38. The van der Waals surface area contributed by atoms with Crippen LogP contribution in [-0.2, 0) is 0 Å². The van der Waals surface area contributed by atoms with Crippen molar-refractivity contribution in [2.24, 2.45) is 0 Å². The molecule has 1 aliphatic rings. The lowest BCUT2D eigenvalue weighted by atomic mass is 9.96. The Morgan fingerprint density at radius 2 is 2.10 bits per heavy atom. The van der Waals surface area contributed by atoms with Crippen LogP contribution in [0.15, 0.2) is 36.8 Å². The second-order valence-corrected chi connectivity index (χ2v) is 8.86. The van der Waals surface area contributed by atoms with Crippen LogP contribution in [0.3, 0.4) is 0 Å². The van der Waals surface area contributed by atoms with Crippen molar-refractivity contribution in [1.82, 2.24) is 24.5 Å². The third kappa shape index (κ3) is 3.35. The Bertz CT molecular complexity index is 1210. The van der Waals surface area contributed by atoms with Crippen molar-refractivity contribution >= 4 is 16.6 Å². The van der Waals surface area contributed by atoms with Crippen LogP contribution in [0, 0.1) is 6.92 Å². The molecule has 30 heavy (non-hydrogen) atoms. The van der Waals surface area contributed by atoms with Crippen molar-refractivity contribution in [2.75, 3.05) is 20.1 Å². The predicted octanol–water partition coefficient (Wildman–Crippen LogP) is 4.78. The Kier molecular flexibility index (Phi) is 4.74. The second-order valence-electron chi connectivity index (χ2n) is 8.86. The first kappa shape index (κ1) is 19.1. The normalized spacial score (nSPS) is 18.0. The van der Waals surface area contributed by atoms with Gasteiger partial charge in [-0.1, -0.05) is 13.8 Å². The zero-order chi connectivity index (χ0) is 20.8. The summed E-state index contributed by atoms with van der Waals surface area (Å²) in [6, 6.07) is 8.64. The van der Waals surface area contributed by atoms with Gasteiger partial charge in [-0.25, -0.2) is 9.50 Å². The van der Waals surface area contributed by atoms with Gasteiger partial charge in [0.1, 0.15) is 18.2 Å². The average Bonchev–Trinajstić information content (AvgIpc) is 3.32. The van der Waals surface area contributed by atoms with E-state index in [2.05, 4.69) is 78.2 Å². The molecule has 4 heterocycles. The Morgan fingerprint density at radius 3 is 2.90 bits per heavy atom. The number of benzene rings is 1. The van der Waals surface area contributed by atoms with Gasteiger partial charge in [0.2, 0.25) is 0 Å². The molecule has 0 saturated carbocycles. The summed E-state index contributed by atoms with van der Waals surface area (Å²) < 4.78 is 8.23. The maximum absolute atomic E-state index is 6.37. The number of hydrogen-bond donors (Lipinski definition) is 1. The molecular formula is C24H29N5O. The van der Waals surface area contributed by atoms with E-state index in [9.17, 15) is 0 Å². The molecule has 6 heteroatoms.